The summed E-state index contributed by atoms with van der Waals surface area (Å²) in [6.07, 6.45) is 15.7. The van der Waals surface area contributed by atoms with Gasteiger partial charge in [0, 0.05) is 12.5 Å². The average Bonchev–Trinajstić information content (AvgIpc) is 2.48. The number of rotatable bonds is 14. The minimum absolute atomic E-state index is 0.0315. The van der Waals surface area contributed by atoms with Gasteiger partial charge in [0.1, 0.15) is 0 Å². The maximum absolute atomic E-state index is 11.5. The molecule has 0 fully saturated rings. The summed E-state index contributed by atoms with van der Waals surface area (Å²) in [7, 11) is 0. The zero-order chi connectivity index (χ0) is 15.9. The summed E-state index contributed by atoms with van der Waals surface area (Å²) in [4.78, 5) is 11.5. The highest BCUT2D eigenvalue weighted by Crippen LogP contribution is 2.22. The van der Waals surface area contributed by atoms with Crippen LogP contribution in [0.15, 0.2) is 12.2 Å². The van der Waals surface area contributed by atoms with Crippen LogP contribution in [0.2, 0.25) is 0 Å². The molecule has 0 aromatic carbocycles. The van der Waals surface area contributed by atoms with E-state index in [9.17, 15) is 9.90 Å². The number of hydrogen-bond acceptors (Lipinski definition) is 2. The summed E-state index contributed by atoms with van der Waals surface area (Å²) in [5.41, 5.74) is 5.45. The monoisotopic (exact) mass is 297 g/mol. The number of unbranched alkanes of at least 4 members (excludes halogenated alkanes) is 6. The number of aliphatic hydroxyl groups excluding tert-OH is 1. The Morgan fingerprint density at radius 3 is 2.19 bits per heavy atom. The SMILES string of the molecule is CCCCC=CCCCCCCC(C(N)=O)C(CC)CO. The smallest absolute Gasteiger partial charge is 0.220 e. The minimum Gasteiger partial charge on any atom is -0.396 e. The molecule has 21 heavy (non-hydrogen) atoms. The van der Waals surface area contributed by atoms with Crippen molar-refractivity contribution in [2.45, 2.75) is 78.1 Å². The van der Waals surface area contributed by atoms with Crippen LogP contribution in [-0.2, 0) is 4.79 Å². The summed E-state index contributed by atoms with van der Waals surface area (Å²) >= 11 is 0. The standard InChI is InChI=1S/C18H35NO2/c1-3-5-6-7-8-9-10-11-12-13-14-17(18(19)21)16(4-2)15-20/h7-8,16-17,20H,3-6,9-15H2,1-2H3,(H2,19,21). The summed E-state index contributed by atoms with van der Waals surface area (Å²) in [6, 6.07) is 0. The molecule has 0 heterocycles. The van der Waals surface area contributed by atoms with E-state index in [1.165, 1.54) is 32.1 Å². The number of amides is 1. The van der Waals surface area contributed by atoms with E-state index in [1.54, 1.807) is 0 Å². The molecule has 3 nitrogen and oxygen atoms in total. The molecule has 3 heteroatoms. The maximum atomic E-state index is 11.5. The highest BCUT2D eigenvalue weighted by molar-refractivity contribution is 5.76. The van der Waals surface area contributed by atoms with Gasteiger partial charge < -0.3 is 10.8 Å². The van der Waals surface area contributed by atoms with Gasteiger partial charge in [-0.15, -0.1) is 0 Å². The molecule has 0 saturated heterocycles. The quantitative estimate of drug-likeness (QED) is 0.373. The Bertz CT molecular complexity index is 272. The molecule has 1 amide bonds. The molecule has 2 atom stereocenters. The summed E-state index contributed by atoms with van der Waals surface area (Å²) in [5.74, 6) is -0.382. The Kier molecular flexibility index (Phi) is 13.6. The second kappa shape index (κ2) is 14.1. The lowest BCUT2D eigenvalue weighted by molar-refractivity contribution is -0.124. The van der Waals surface area contributed by atoms with E-state index < -0.39 is 0 Å². The molecule has 0 radical (unpaired) electrons. The zero-order valence-electron chi connectivity index (χ0n) is 14.0. The molecule has 0 spiro atoms. The largest absolute Gasteiger partial charge is 0.396 e. The third kappa shape index (κ3) is 10.5. The van der Waals surface area contributed by atoms with Gasteiger partial charge in [0.2, 0.25) is 5.91 Å². The van der Waals surface area contributed by atoms with Gasteiger partial charge in [0.05, 0.1) is 0 Å². The lowest BCUT2D eigenvalue weighted by Crippen LogP contribution is -2.31. The van der Waals surface area contributed by atoms with E-state index in [2.05, 4.69) is 19.1 Å². The molecule has 3 N–H and O–H groups in total. The van der Waals surface area contributed by atoms with Crippen LogP contribution in [0, 0.1) is 11.8 Å². The summed E-state index contributed by atoms with van der Waals surface area (Å²) in [5, 5.41) is 9.29. The first kappa shape index (κ1) is 20.2. The number of hydrogen-bond donors (Lipinski definition) is 2. The Balaban J connectivity index is 3.67. The topological polar surface area (TPSA) is 63.3 Å². The first-order valence-corrected chi connectivity index (χ1v) is 8.72. The van der Waals surface area contributed by atoms with Crippen molar-refractivity contribution in [1.82, 2.24) is 0 Å². The van der Waals surface area contributed by atoms with E-state index in [0.29, 0.717) is 0 Å². The molecule has 2 unspecified atom stereocenters. The molecular formula is C18H35NO2. The number of primary amides is 1. The van der Waals surface area contributed by atoms with Gasteiger partial charge in [-0.25, -0.2) is 0 Å². The van der Waals surface area contributed by atoms with Crippen molar-refractivity contribution in [1.29, 1.82) is 0 Å². The third-order valence-corrected chi connectivity index (χ3v) is 4.22. The second-order valence-electron chi connectivity index (χ2n) is 5.96. The van der Waals surface area contributed by atoms with E-state index in [1.807, 2.05) is 6.92 Å². The van der Waals surface area contributed by atoms with Gasteiger partial charge in [-0.1, -0.05) is 64.5 Å². The van der Waals surface area contributed by atoms with Crippen molar-refractivity contribution >= 4 is 5.91 Å². The van der Waals surface area contributed by atoms with Crippen LogP contribution in [0.4, 0.5) is 0 Å². The van der Waals surface area contributed by atoms with Crippen molar-refractivity contribution in [2.75, 3.05) is 6.61 Å². The first-order valence-electron chi connectivity index (χ1n) is 8.72. The molecule has 0 aliphatic rings. The lowest BCUT2D eigenvalue weighted by Gasteiger charge is -2.21. The van der Waals surface area contributed by atoms with Gasteiger partial charge >= 0.3 is 0 Å². The first-order chi connectivity index (χ1) is 10.2. The number of allylic oxidation sites excluding steroid dienone is 2. The van der Waals surface area contributed by atoms with Crippen LogP contribution < -0.4 is 5.73 Å². The van der Waals surface area contributed by atoms with Crippen LogP contribution in [0.3, 0.4) is 0 Å². The fourth-order valence-corrected chi connectivity index (χ4v) is 2.69. The van der Waals surface area contributed by atoms with Crippen LogP contribution in [-0.4, -0.2) is 17.6 Å². The lowest BCUT2D eigenvalue weighted by atomic mass is 9.86. The highest BCUT2D eigenvalue weighted by Gasteiger charge is 2.23. The van der Waals surface area contributed by atoms with E-state index in [-0.39, 0.29) is 24.3 Å². The predicted octanol–water partition coefficient (Wildman–Crippen LogP) is 4.19. The fourth-order valence-electron chi connectivity index (χ4n) is 2.69. The van der Waals surface area contributed by atoms with Gasteiger partial charge in [0.25, 0.3) is 0 Å². The molecule has 124 valence electrons. The predicted molar refractivity (Wildman–Crippen MR) is 89.9 cm³/mol. The number of nitrogens with two attached hydrogens (primary N) is 1. The summed E-state index contributed by atoms with van der Waals surface area (Å²) < 4.78 is 0. The third-order valence-electron chi connectivity index (χ3n) is 4.22. The number of carbonyl (C=O) groups excluding carboxylic acids is 1. The maximum Gasteiger partial charge on any atom is 0.220 e. The average molecular weight is 297 g/mol. The molecular weight excluding hydrogens is 262 g/mol. The molecule has 0 aromatic rings. The minimum atomic E-state index is -0.255. The Morgan fingerprint density at radius 1 is 1.05 bits per heavy atom. The Morgan fingerprint density at radius 2 is 1.67 bits per heavy atom. The van der Waals surface area contributed by atoms with Crippen LogP contribution in [0.1, 0.15) is 78.1 Å². The molecule has 0 bridgehead atoms. The van der Waals surface area contributed by atoms with Gasteiger partial charge in [0.15, 0.2) is 0 Å². The van der Waals surface area contributed by atoms with Crippen molar-refractivity contribution in [2.24, 2.45) is 17.6 Å². The number of aliphatic hydroxyl groups is 1. The fraction of sp³-hybridized carbons (Fsp3) is 0.833. The molecule has 0 saturated carbocycles. The molecule has 0 aliphatic carbocycles. The normalized spacial score (nSPS) is 14.4. The van der Waals surface area contributed by atoms with Gasteiger partial charge in [-0.3, -0.25) is 4.79 Å². The molecule has 0 aromatic heterocycles. The van der Waals surface area contributed by atoms with Crippen molar-refractivity contribution in [3.8, 4) is 0 Å². The van der Waals surface area contributed by atoms with Crippen LogP contribution in [0.5, 0.6) is 0 Å². The Hall–Kier alpha value is -0.830. The van der Waals surface area contributed by atoms with Crippen molar-refractivity contribution in [3.05, 3.63) is 12.2 Å². The highest BCUT2D eigenvalue weighted by atomic mass is 16.3. The van der Waals surface area contributed by atoms with E-state index >= 15 is 0 Å². The van der Waals surface area contributed by atoms with Crippen molar-refractivity contribution < 1.29 is 9.90 Å². The van der Waals surface area contributed by atoms with E-state index in [0.717, 1.165) is 32.1 Å². The second-order valence-corrected chi connectivity index (χ2v) is 5.96. The number of carbonyl (C=O) groups is 1. The molecule has 0 aliphatic heterocycles. The van der Waals surface area contributed by atoms with Crippen molar-refractivity contribution in [3.63, 3.8) is 0 Å². The van der Waals surface area contributed by atoms with Gasteiger partial charge in [-0.2, -0.15) is 0 Å². The zero-order valence-corrected chi connectivity index (χ0v) is 14.0. The van der Waals surface area contributed by atoms with E-state index in [4.69, 9.17) is 5.73 Å². The Labute approximate surface area is 131 Å². The van der Waals surface area contributed by atoms with Gasteiger partial charge in [-0.05, 0) is 31.6 Å². The van der Waals surface area contributed by atoms with Crippen LogP contribution in [0.25, 0.3) is 0 Å². The molecule has 0 rings (SSSR count). The van der Waals surface area contributed by atoms with Crippen LogP contribution >= 0.6 is 0 Å². The summed E-state index contributed by atoms with van der Waals surface area (Å²) in [6.45, 7) is 4.28.